The van der Waals surface area contributed by atoms with Crippen LogP contribution in [0.2, 0.25) is 0 Å². The van der Waals surface area contributed by atoms with E-state index in [2.05, 4.69) is 26.1 Å². The van der Waals surface area contributed by atoms with E-state index in [-0.39, 0.29) is 11.6 Å². The average Bonchev–Trinajstić information content (AvgIpc) is 2.77. The first kappa shape index (κ1) is 14.9. The Kier molecular flexibility index (Phi) is 4.98. The number of aryl methyl sites for hydroxylation is 2. The highest BCUT2D eigenvalue weighted by atomic mass is 32.1. The molecule has 108 valence electrons. The number of hydrogen-bond donors (Lipinski definition) is 1. The summed E-state index contributed by atoms with van der Waals surface area (Å²) >= 11 is 1.84. The molecule has 2 atom stereocenters. The van der Waals surface area contributed by atoms with Crippen LogP contribution in [0.15, 0.2) is 0 Å². The molecule has 0 saturated heterocycles. The van der Waals surface area contributed by atoms with E-state index >= 15 is 0 Å². The van der Waals surface area contributed by atoms with Crippen molar-refractivity contribution in [3.8, 4) is 0 Å². The molecule has 2 unspecified atom stereocenters. The maximum atomic E-state index is 5.81. The molecule has 0 radical (unpaired) electrons. The van der Waals surface area contributed by atoms with Gasteiger partial charge >= 0.3 is 0 Å². The Balaban J connectivity index is 2.37. The molecule has 1 fully saturated rings. The number of rotatable bonds is 5. The van der Waals surface area contributed by atoms with Crippen LogP contribution in [-0.2, 0) is 10.3 Å². The molecule has 1 N–H and O–H groups in total. The van der Waals surface area contributed by atoms with Crippen molar-refractivity contribution >= 4 is 11.3 Å². The summed E-state index contributed by atoms with van der Waals surface area (Å²) in [5.74, 6) is 0. The molecule has 4 heteroatoms. The molecular formula is C15H26N2OS. The minimum atomic E-state index is -0.0628. The normalized spacial score (nSPS) is 27.7. The monoisotopic (exact) mass is 282 g/mol. The van der Waals surface area contributed by atoms with Crippen molar-refractivity contribution in [3.63, 3.8) is 0 Å². The summed E-state index contributed by atoms with van der Waals surface area (Å²) in [6.45, 7) is 7.50. The van der Waals surface area contributed by atoms with Crippen LogP contribution in [-0.4, -0.2) is 24.7 Å². The van der Waals surface area contributed by atoms with Crippen LogP contribution in [0.5, 0.6) is 0 Å². The predicted octanol–water partition coefficient (Wildman–Crippen LogP) is 3.54. The molecular weight excluding hydrogens is 256 g/mol. The lowest BCUT2D eigenvalue weighted by molar-refractivity contribution is -0.0154. The lowest BCUT2D eigenvalue weighted by Gasteiger charge is -2.42. The zero-order valence-corrected chi connectivity index (χ0v) is 13.4. The molecule has 0 aliphatic heterocycles. The molecule has 19 heavy (non-hydrogen) atoms. The van der Waals surface area contributed by atoms with Crippen molar-refractivity contribution in [2.45, 2.75) is 64.5 Å². The lowest BCUT2D eigenvalue weighted by Crippen LogP contribution is -2.54. The van der Waals surface area contributed by atoms with Gasteiger partial charge in [0, 0.05) is 12.0 Å². The molecule has 1 heterocycles. The van der Waals surface area contributed by atoms with Crippen molar-refractivity contribution in [1.29, 1.82) is 0 Å². The second-order valence-corrected chi connectivity index (χ2v) is 6.73. The van der Waals surface area contributed by atoms with Gasteiger partial charge in [-0.3, -0.25) is 0 Å². The van der Waals surface area contributed by atoms with Crippen LogP contribution < -0.4 is 5.32 Å². The molecule has 0 spiro atoms. The molecule has 1 aromatic rings. The Morgan fingerprint density at radius 2 is 2.21 bits per heavy atom. The van der Waals surface area contributed by atoms with Gasteiger partial charge in [0.05, 0.1) is 17.3 Å². The zero-order valence-electron chi connectivity index (χ0n) is 12.6. The van der Waals surface area contributed by atoms with Crippen molar-refractivity contribution in [2.24, 2.45) is 0 Å². The van der Waals surface area contributed by atoms with E-state index in [4.69, 9.17) is 9.72 Å². The summed E-state index contributed by atoms with van der Waals surface area (Å²) in [5, 5.41) is 4.99. The molecule has 0 amide bonds. The first-order chi connectivity index (χ1) is 9.14. The number of thiazole rings is 1. The fourth-order valence-electron chi connectivity index (χ4n) is 2.99. The van der Waals surface area contributed by atoms with Gasteiger partial charge in [-0.2, -0.15) is 0 Å². The van der Waals surface area contributed by atoms with E-state index in [0.29, 0.717) is 0 Å². The number of aromatic nitrogens is 1. The van der Waals surface area contributed by atoms with Crippen LogP contribution in [0.3, 0.4) is 0 Å². The Hall–Kier alpha value is -0.450. The van der Waals surface area contributed by atoms with E-state index < -0.39 is 0 Å². The van der Waals surface area contributed by atoms with Crippen molar-refractivity contribution in [1.82, 2.24) is 10.3 Å². The van der Waals surface area contributed by atoms with Gasteiger partial charge in [0.2, 0.25) is 0 Å². The summed E-state index contributed by atoms with van der Waals surface area (Å²) < 4.78 is 5.81. The Morgan fingerprint density at radius 1 is 1.42 bits per heavy atom. The number of nitrogens with one attached hydrogen (secondary N) is 1. The summed E-state index contributed by atoms with van der Waals surface area (Å²) in [7, 11) is 1.84. The van der Waals surface area contributed by atoms with Gasteiger partial charge in [-0.05, 0) is 39.7 Å². The van der Waals surface area contributed by atoms with Gasteiger partial charge in [0.1, 0.15) is 5.01 Å². The van der Waals surface area contributed by atoms with Gasteiger partial charge in [-0.25, -0.2) is 4.98 Å². The largest absolute Gasteiger partial charge is 0.379 e. The van der Waals surface area contributed by atoms with E-state index in [0.717, 1.165) is 31.5 Å². The van der Waals surface area contributed by atoms with E-state index in [1.54, 1.807) is 0 Å². The third kappa shape index (κ3) is 2.86. The summed E-state index contributed by atoms with van der Waals surface area (Å²) in [6.07, 6.45) is 6.17. The highest BCUT2D eigenvalue weighted by Crippen LogP contribution is 2.41. The maximum absolute atomic E-state index is 5.81. The molecule has 1 aromatic heterocycles. The van der Waals surface area contributed by atoms with Gasteiger partial charge in [-0.15, -0.1) is 11.3 Å². The SMILES string of the molecule is CCCNC1(c2nc(C)c(C)s2)CCCCC1OC. The zero-order chi connectivity index (χ0) is 13.9. The predicted molar refractivity (Wildman–Crippen MR) is 80.8 cm³/mol. The minimum absolute atomic E-state index is 0.0628. The Morgan fingerprint density at radius 3 is 2.79 bits per heavy atom. The number of hydrogen-bond acceptors (Lipinski definition) is 4. The van der Waals surface area contributed by atoms with Crippen LogP contribution in [0.25, 0.3) is 0 Å². The van der Waals surface area contributed by atoms with Gasteiger partial charge in [-0.1, -0.05) is 19.8 Å². The Labute approximate surface area is 120 Å². The molecule has 1 aliphatic carbocycles. The molecule has 1 saturated carbocycles. The molecule has 2 rings (SSSR count). The average molecular weight is 282 g/mol. The minimum Gasteiger partial charge on any atom is -0.379 e. The lowest BCUT2D eigenvalue weighted by atomic mass is 9.79. The number of ether oxygens (including phenoxy) is 1. The highest BCUT2D eigenvalue weighted by Gasteiger charge is 2.44. The first-order valence-corrected chi connectivity index (χ1v) is 8.18. The quantitative estimate of drug-likeness (QED) is 0.897. The second kappa shape index (κ2) is 6.33. The van der Waals surface area contributed by atoms with Gasteiger partial charge in [0.15, 0.2) is 0 Å². The van der Waals surface area contributed by atoms with Crippen molar-refractivity contribution < 1.29 is 4.74 Å². The van der Waals surface area contributed by atoms with Crippen LogP contribution in [0, 0.1) is 13.8 Å². The fourth-order valence-corrected chi connectivity index (χ4v) is 4.15. The topological polar surface area (TPSA) is 34.2 Å². The van der Waals surface area contributed by atoms with Gasteiger partial charge in [0.25, 0.3) is 0 Å². The van der Waals surface area contributed by atoms with Crippen molar-refractivity contribution in [2.75, 3.05) is 13.7 Å². The standard InChI is InChI=1S/C15H26N2OS/c1-5-10-16-15(9-7-6-8-13(15)18-4)14-17-11(2)12(3)19-14/h13,16H,5-10H2,1-4H3. The third-order valence-electron chi connectivity index (χ3n) is 4.22. The van der Waals surface area contributed by atoms with Crippen molar-refractivity contribution in [3.05, 3.63) is 15.6 Å². The van der Waals surface area contributed by atoms with E-state index in [1.165, 1.54) is 22.7 Å². The maximum Gasteiger partial charge on any atom is 0.116 e. The van der Waals surface area contributed by atoms with Crippen LogP contribution in [0.4, 0.5) is 0 Å². The van der Waals surface area contributed by atoms with Crippen LogP contribution >= 0.6 is 11.3 Å². The fraction of sp³-hybridized carbons (Fsp3) is 0.800. The van der Waals surface area contributed by atoms with E-state index in [9.17, 15) is 0 Å². The number of methoxy groups -OCH3 is 1. The summed E-state index contributed by atoms with van der Waals surface area (Å²) in [4.78, 5) is 6.16. The first-order valence-electron chi connectivity index (χ1n) is 7.36. The molecule has 0 bridgehead atoms. The van der Waals surface area contributed by atoms with Gasteiger partial charge < -0.3 is 10.1 Å². The highest BCUT2D eigenvalue weighted by molar-refractivity contribution is 7.11. The number of nitrogens with zero attached hydrogens (tertiary/aromatic N) is 1. The smallest absolute Gasteiger partial charge is 0.116 e. The molecule has 0 aromatic carbocycles. The molecule has 3 nitrogen and oxygen atoms in total. The third-order valence-corrected chi connectivity index (χ3v) is 5.47. The van der Waals surface area contributed by atoms with E-state index in [1.807, 2.05) is 18.4 Å². The van der Waals surface area contributed by atoms with Crippen LogP contribution in [0.1, 0.15) is 54.6 Å². The second-order valence-electron chi connectivity index (χ2n) is 5.53. The Bertz CT molecular complexity index is 399. The summed E-state index contributed by atoms with van der Waals surface area (Å²) in [5.41, 5.74) is 1.10. The molecule has 1 aliphatic rings. The summed E-state index contributed by atoms with van der Waals surface area (Å²) in [6, 6.07) is 0.